The lowest BCUT2D eigenvalue weighted by atomic mass is 10.2. The van der Waals surface area contributed by atoms with E-state index in [0.717, 1.165) is 21.8 Å². The van der Waals surface area contributed by atoms with Crippen LogP contribution in [0.25, 0.3) is 22.4 Å². The number of hydrogen-bond acceptors (Lipinski definition) is 5. The monoisotopic (exact) mass is 376 g/mol. The van der Waals surface area contributed by atoms with Gasteiger partial charge in [0.05, 0.1) is 21.8 Å². The Hall–Kier alpha value is -2.02. The molecule has 0 saturated heterocycles. The highest BCUT2D eigenvalue weighted by atomic mass is 35.5. The molecule has 120 valence electrons. The van der Waals surface area contributed by atoms with Crippen LogP contribution in [0.2, 0.25) is 10.0 Å². The summed E-state index contributed by atoms with van der Waals surface area (Å²) < 4.78 is 5.29. The third-order valence-corrected chi connectivity index (χ3v) is 4.76. The van der Waals surface area contributed by atoms with Crippen LogP contribution in [0.3, 0.4) is 0 Å². The average molecular weight is 377 g/mol. The number of aromatic nitrogens is 4. The summed E-state index contributed by atoms with van der Waals surface area (Å²) in [5.74, 6) is 1.49. The predicted molar refractivity (Wildman–Crippen MR) is 95.4 cm³/mol. The quantitative estimate of drug-likeness (QED) is 0.495. The maximum atomic E-state index is 6.15. The Morgan fingerprint density at radius 3 is 2.83 bits per heavy atom. The van der Waals surface area contributed by atoms with Gasteiger partial charge in [-0.25, -0.2) is 4.98 Å². The fourth-order valence-electron chi connectivity index (χ4n) is 2.22. The lowest BCUT2D eigenvalue weighted by Crippen LogP contribution is -1.84. The summed E-state index contributed by atoms with van der Waals surface area (Å²) in [7, 11) is 0. The molecular weight excluding hydrogens is 367 g/mol. The van der Waals surface area contributed by atoms with Gasteiger partial charge in [-0.05, 0) is 30.3 Å². The molecule has 2 aromatic heterocycles. The van der Waals surface area contributed by atoms with Gasteiger partial charge >= 0.3 is 0 Å². The van der Waals surface area contributed by atoms with Crippen LogP contribution in [0.5, 0.6) is 0 Å². The second-order valence-corrected chi connectivity index (χ2v) is 6.79. The molecular formula is C16H10Cl2N4OS. The van der Waals surface area contributed by atoms with Crippen molar-refractivity contribution >= 4 is 46.0 Å². The van der Waals surface area contributed by atoms with Gasteiger partial charge in [0.25, 0.3) is 0 Å². The van der Waals surface area contributed by atoms with Crippen LogP contribution >= 0.6 is 35.0 Å². The molecule has 0 radical (unpaired) electrons. The van der Waals surface area contributed by atoms with Gasteiger partial charge in [-0.2, -0.15) is 4.98 Å². The Morgan fingerprint density at radius 1 is 1.08 bits per heavy atom. The van der Waals surface area contributed by atoms with Crippen molar-refractivity contribution in [2.75, 3.05) is 0 Å². The summed E-state index contributed by atoms with van der Waals surface area (Å²) in [6.07, 6.45) is 0. The number of nitrogens with zero attached hydrogens (tertiary/aromatic N) is 3. The third-order valence-electron chi connectivity index (χ3n) is 3.34. The van der Waals surface area contributed by atoms with Crippen molar-refractivity contribution in [1.29, 1.82) is 0 Å². The van der Waals surface area contributed by atoms with E-state index < -0.39 is 0 Å². The molecule has 4 aromatic rings. The predicted octanol–water partition coefficient (Wildman–Crippen LogP) is 5.21. The van der Waals surface area contributed by atoms with Crippen LogP contribution in [0.1, 0.15) is 5.89 Å². The van der Waals surface area contributed by atoms with Gasteiger partial charge in [-0.3, -0.25) is 0 Å². The molecule has 0 saturated carbocycles. The molecule has 0 fully saturated rings. The fourth-order valence-corrected chi connectivity index (χ4v) is 3.34. The van der Waals surface area contributed by atoms with E-state index in [1.807, 2.05) is 36.4 Å². The first-order chi connectivity index (χ1) is 11.7. The van der Waals surface area contributed by atoms with Crippen LogP contribution in [0.15, 0.2) is 52.1 Å². The Kier molecular flexibility index (Phi) is 4.18. The Balaban J connectivity index is 1.50. The zero-order valence-corrected chi connectivity index (χ0v) is 14.5. The molecule has 0 aliphatic heterocycles. The Morgan fingerprint density at radius 2 is 1.96 bits per heavy atom. The number of fused-ring (bicyclic) bond motifs is 1. The normalized spacial score (nSPS) is 11.2. The Bertz CT molecular complexity index is 1010. The maximum Gasteiger partial charge on any atom is 0.237 e. The fraction of sp³-hybridized carbons (Fsp3) is 0.0625. The molecule has 5 nitrogen and oxygen atoms in total. The first kappa shape index (κ1) is 15.5. The molecule has 0 spiro atoms. The van der Waals surface area contributed by atoms with Crippen molar-refractivity contribution in [3.05, 3.63) is 58.4 Å². The molecule has 4 rings (SSSR count). The van der Waals surface area contributed by atoms with E-state index >= 15 is 0 Å². The minimum Gasteiger partial charge on any atom is -0.338 e. The van der Waals surface area contributed by atoms with Crippen molar-refractivity contribution in [2.45, 2.75) is 10.9 Å². The molecule has 0 aliphatic rings. The van der Waals surface area contributed by atoms with E-state index in [-0.39, 0.29) is 0 Å². The number of benzene rings is 2. The second kappa shape index (κ2) is 6.47. The zero-order chi connectivity index (χ0) is 16.5. The number of halogens is 2. The lowest BCUT2D eigenvalue weighted by Gasteiger charge is -1.96. The minimum absolute atomic E-state index is 0.479. The molecule has 8 heteroatoms. The highest BCUT2D eigenvalue weighted by Gasteiger charge is 2.12. The molecule has 0 aliphatic carbocycles. The van der Waals surface area contributed by atoms with Crippen LogP contribution in [-0.2, 0) is 5.75 Å². The number of imidazole rings is 1. The van der Waals surface area contributed by atoms with Gasteiger partial charge < -0.3 is 9.51 Å². The molecule has 0 amide bonds. The summed E-state index contributed by atoms with van der Waals surface area (Å²) in [5.41, 5.74) is 2.51. The van der Waals surface area contributed by atoms with Gasteiger partial charge in [-0.15, -0.1) is 0 Å². The van der Waals surface area contributed by atoms with E-state index in [2.05, 4.69) is 20.1 Å². The van der Waals surface area contributed by atoms with Crippen molar-refractivity contribution in [2.24, 2.45) is 0 Å². The van der Waals surface area contributed by atoms with E-state index in [4.69, 9.17) is 27.7 Å². The lowest BCUT2D eigenvalue weighted by molar-refractivity contribution is 0.391. The Labute approximate surface area is 151 Å². The van der Waals surface area contributed by atoms with Crippen molar-refractivity contribution in [1.82, 2.24) is 20.1 Å². The largest absolute Gasteiger partial charge is 0.338 e. The smallest absolute Gasteiger partial charge is 0.237 e. The third kappa shape index (κ3) is 3.13. The maximum absolute atomic E-state index is 6.15. The first-order valence-electron chi connectivity index (χ1n) is 7.04. The van der Waals surface area contributed by atoms with E-state index in [1.165, 1.54) is 11.8 Å². The van der Waals surface area contributed by atoms with Gasteiger partial charge in [0.2, 0.25) is 11.7 Å². The highest BCUT2D eigenvalue weighted by Crippen LogP contribution is 2.27. The first-order valence-corrected chi connectivity index (χ1v) is 8.79. The summed E-state index contributed by atoms with van der Waals surface area (Å²) in [6, 6.07) is 12.9. The van der Waals surface area contributed by atoms with Crippen molar-refractivity contribution < 1.29 is 4.52 Å². The molecule has 0 bridgehead atoms. The molecule has 24 heavy (non-hydrogen) atoms. The number of hydrogen-bond donors (Lipinski definition) is 1. The molecule has 0 atom stereocenters. The molecule has 2 heterocycles. The summed E-state index contributed by atoms with van der Waals surface area (Å²) in [4.78, 5) is 12.1. The topological polar surface area (TPSA) is 67.6 Å². The van der Waals surface area contributed by atoms with Crippen LogP contribution in [0.4, 0.5) is 0 Å². The van der Waals surface area contributed by atoms with Gasteiger partial charge in [-0.1, -0.05) is 52.3 Å². The number of rotatable bonds is 4. The van der Waals surface area contributed by atoms with Crippen molar-refractivity contribution in [3.63, 3.8) is 0 Å². The van der Waals surface area contributed by atoms with Gasteiger partial charge in [0, 0.05) is 10.6 Å². The molecule has 0 unspecified atom stereocenters. The highest BCUT2D eigenvalue weighted by molar-refractivity contribution is 7.98. The number of aromatic amines is 1. The van der Waals surface area contributed by atoms with E-state index in [0.29, 0.717) is 27.5 Å². The number of thioether (sulfide) groups is 1. The summed E-state index contributed by atoms with van der Waals surface area (Å²) in [6.45, 7) is 0. The van der Waals surface area contributed by atoms with Crippen LogP contribution in [0, 0.1) is 0 Å². The number of H-pyrrole nitrogens is 1. The zero-order valence-electron chi connectivity index (χ0n) is 12.2. The van der Waals surface area contributed by atoms with Gasteiger partial charge in [0.15, 0.2) is 5.16 Å². The van der Waals surface area contributed by atoms with Crippen LogP contribution in [-0.4, -0.2) is 20.1 Å². The number of nitrogens with one attached hydrogen (secondary N) is 1. The summed E-state index contributed by atoms with van der Waals surface area (Å²) in [5, 5.41) is 6.01. The molecule has 1 N–H and O–H groups in total. The van der Waals surface area contributed by atoms with Crippen molar-refractivity contribution in [3.8, 4) is 11.4 Å². The second-order valence-electron chi connectivity index (χ2n) is 4.98. The van der Waals surface area contributed by atoms with E-state index in [9.17, 15) is 0 Å². The SMILES string of the molecule is Clc1ccc2nc(SCc3nc(-c4ccccc4Cl)no3)[nH]c2c1. The van der Waals surface area contributed by atoms with E-state index in [1.54, 1.807) is 6.07 Å². The average Bonchev–Trinajstić information content (AvgIpc) is 3.19. The standard InChI is InChI=1S/C16H10Cl2N4OS/c17-9-5-6-12-13(7-9)20-16(19-12)24-8-14-21-15(22-23-14)10-3-1-2-4-11(10)18/h1-7H,8H2,(H,19,20). The van der Waals surface area contributed by atoms with Gasteiger partial charge in [0.1, 0.15) is 0 Å². The molecule has 2 aromatic carbocycles. The summed E-state index contributed by atoms with van der Waals surface area (Å²) >= 11 is 13.6. The van der Waals surface area contributed by atoms with Crippen LogP contribution < -0.4 is 0 Å². The minimum atomic E-state index is 0.479.